The normalized spacial score (nSPS) is 12.6. The molecule has 0 saturated heterocycles. The zero-order chi connectivity index (χ0) is 47.6. The van der Waals surface area contributed by atoms with E-state index in [-0.39, 0.29) is 0 Å². The third-order valence-corrected chi connectivity index (χ3v) is 15.3. The third kappa shape index (κ3) is 6.48. The van der Waals surface area contributed by atoms with Crippen LogP contribution in [0.3, 0.4) is 0 Å². The summed E-state index contributed by atoms with van der Waals surface area (Å²) in [4.78, 5) is 2.50. The molecule has 0 bridgehead atoms. The number of hydrogen-bond donors (Lipinski definition) is 0. The van der Waals surface area contributed by atoms with Crippen LogP contribution in [0.5, 0.6) is 0 Å². The van der Waals surface area contributed by atoms with Crippen molar-refractivity contribution in [2.45, 2.75) is 5.41 Å². The maximum Gasteiger partial charge on any atom is 0.0725 e. The lowest BCUT2D eigenvalue weighted by Gasteiger charge is -2.32. The van der Waals surface area contributed by atoms with Crippen molar-refractivity contribution in [3.05, 3.63) is 307 Å². The average molecular weight is 914 g/mol. The highest BCUT2D eigenvalue weighted by molar-refractivity contribution is 6.03. The molecule has 0 saturated carbocycles. The first-order valence-corrected chi connectivity index (χ1v) is 25.0. The van der Waals surface area contributed by atoms with E-state index in [1.54, 1.807) is 0 Å². The van der Waals surface area contributed by atoms with Crippen molar-refractivity contribution in [1.82, 2.24) is 0 Å². The maximum atomic E-state index is 2.50. The second kappa shape index (κ2) is 17.0. The fraction of sp³-hybridized carbons (Fsp3) is 0.0141. The van der Waals surface area contributed by atoms with Gasteiger partial charge in [-0.25, -0.2) is 0 Å². The minimum absolute atomic E-state index is 0.430. The van der Waals surface area contributed by atoms with Gasteiger partial charge in [-0.3, -0.25) is 0 Å². The Kier molecular flexibility index (Phi) is 9.82. The van der Waals surface area contributed by atoms with Gasteiger partial charge in [0.15, 0.2) is 0 Å². The molecule has 0 N–H and O–H groups in total. The Balaban J connectivity index is 0.979. The van der Waals surface area contributed by atoms with E-state index in [1.807, 2.05) is 0 Å². The molecule has 0 radical (unpaired) electrons. The van der Waals surface area contributed by atoms with Gasteiger partial charge in [-0.15, -0.1) is 0 Å². The van der Waals surface area contributed by atoms with E-state index in [0.717, 1.165) is 17.1 Å². The molecule has 2 aliphatic carbocycles. The molecule has 72 heavy (non-hydrogen) atoms. The van der Waals surface area contributed by atoms with Gasteiger partial charge in [0.25, 0.3) is 0 Å². The van der Waals surface area contributed by atoms with Crippen LogP contribution in [0.4, 0.5) is 17.1 Å². The molecule has 2 aliphatic rings. The van der Waals surface area contributed by atoms with Crippen molar-refractivity contribution in [2.75, 3.05) is 4.90 Å². The summed E-state index contributed by atoms with van der Waals surface area (Å²) < 4.78 is 0. The quantitative estimate of drug-likeness (QED) is 0.147. The van der Waals surface area contributed by atoms with Gasteiger partial charge in [0.05, 0.1) is 11.1 Å². The fourth-order valence-corrected chi connectivity index (χ4v) is 12.2. The Morgan fingerprint density at radius 1 is 0.236 bits per heavy atom. The standard InChI is InChI=1S/C71H47N/c1-3-19-50(20-4-1)58-26-9-10-30-63(58)70-59(52-21-5-2-6-22-52)32-18-36-69(70)72(54-43-41-49(42-44-54)48-37-39-53(40-38-48)57-31-17-24-51-23-7-8-25-56(51)57)55-45-46-68-64(47-55)62-29-13-16-35-67(62)71(68)65-33-14-11-27-60(65)61-28-12-15-34-66(61)71/h1-47H. The topological polar surface area (TPSA) is 3.24 Å². The van der Waals surface area contributed by atoms with Crippen LogP contribution in [0, 0.1) is 0 Å². The average Bonchev–Trinajstić information content (AvgIpc) is 3.93. The highest BCUT2D eigenvalue weighted by Gasteiger charge is 2.51. The molecule has 14 rings (SSSR count). The van der Waals surface area contributed by atoms with Crippen molar-refractivity contribution in [2.24, 2.45) is 0 Å². The molecule has 1 spiro atoms. The van der Waals surface area contributed by atoms with Crippen molar-refractivity contribution in [3.8, 4) is 77.9 Å². The number of nitrogens with zero attached hydrogens (tertiary/aromatic N) is 1. The van der Waals surface area contributed by atoms with E-state index >= 15 is 0 Å². The van der Waals surface area contributed by atoms with Crippen molar-refractivity contribution < 1.29 is 0 Å². The third-order valence-electron chi connectivity index (χ3n) is 15.3. The summed E-state index contributed by atoms with van der Waals surface area (Å²) in [7, 11) is 0. The lowest BCUT2D eigenvalue weighted by atomic mass is 9.70. The van der Waals surface area contributed by atoms with Gasteiger partial charge >= 0.3 is 0 Å². The number of anilines is 3. The van der Waals surface area contributed by atoms with E-state index in [4.69, 9.17) is 0 Å². The Hall–Kier alpha value is -9.30. The summed E-state index contributed by atoms with van der Waals surface area (Å²) in [5.74, 6) is 0. The molecule has 12 aromatic rings. The molecule has 0 aliphatic heterocycles. The summed E-state index contributed by atoms with van der Waals surface area (Å²) in [5.41, 5.74) is 25.2. The first kappa shape index (κ1) is 41.7. The van der Waals surface area contributed by atoms with Crippen LogP contribution < -0.4 is 4.90 Å². The summed E-state index contributed by atoms with van der Waals surface area (Å²) in [6.07, 6.45) is 0. The maximum absolute atomic E-state index is 2.50. The Bertz CT molecular complexity index is 3970. The van der Waals surface area contributed by atoms with Crippen LogP contribution in [0.1, 0.15) is 22.3 Å². The highest BCUT2D eigenvalue weighted by Crippen LogP contribution is 2.63. The molecule has 1 heteroatoms. The van der Waals surface area contributed by atoms with Gasteiger partial charge in [-0.2, -0.15) is 0 Å². The molecule has 0 unspecified atom stereocenters. The molecule has 0 fully saturated rings. The first-order chi connectivity index (χ1) is 35.7. The van der Waals surface area contributed by atoms with Gasteiger partial charge in [0.1, 0.15) is 0 Å². The Morgan fingerprint density at radius 2 is 0.653 bits per heavy atom. The zero-order valence-corrected chi connectivity index (χ0v) is 39.6. The van der Waals surface area contributed by atoms with Crippen LogP contribution >= 0.6 is 0 Å². The molecule has 336 valence electrons. The monoisotopic (exact) mass is 913 g/mol. The molecule has 1 nitrogen and oxygen atoms in total. The predicted octanol–water partition coefficient (Wildman–Crippen LogP) is 19.0. The van der Waals surface area contributed by atoms with E-state index in [2.05, 4.69) is 290 Å². The van der Waals surface area contributed by atoms with Crippen LogP contribution in [-0.2, 0) is 5.41 Å². The number of fused-ring (bicyclic) bond motifs is 11. The molecular weight excluding hydrogens is 867 g/mol. The second-order valence-electron chi connectivity index (χ2n) is 19.1. The van der Waals surface area contributed by atoms with Gasteiger partial charge in [0.2, 0.25) is 0 Å². The number of hydrogen-bond acceptors (Lipinski definition) is 1. The molecule has 0 aromatic heterocycles. The summed E-state index contributed by atoms with van der Waals surface area (Å²) >= 11 is 0. The minimum Gasteiger partial charge on any atom is -0.310 e. The smallest absolute Gasteiger partial charge is 0.0725 e. The lowest BCUT2D eigenvalue weighted by Crippen LogP contribution is -2.25. The first-order valence-electron chi connectivity index (χ1n) is 25.0. The van der Waals surface area contributed by atoms with Crippen molar-refractivity contribution >= 4 is 27.8 Å². The minimum atomic E-state index is -0.430. The van der Waals surface area contributed by atoms with Crippen molar-refractivity contribution in [1.29, 1.82) is 0 Å². The van der Waals surface area contributed by atoms with E-state index < -0.39 is 5.41 Å². The van der Waals surface area contributed by atoms with Crippen molar-refractivity contribution in [3.63, 3.8) is 0 Å². The van der Waals surface area contributed by atoms with Gasteiger partial charge in [0, 0.05) is 16.9 Å². The van der Waals surface area contributed by atoms with E-state index in [1.165, 1.54) is 111 Å². The molecule has 0 heterocycles. The highest BCUT2D eigenvalue weighted by atomic mass is 15.1. The second-order valence-corrected chi connectivity index (χ2v) is 19.1. The fourth-order valence-electron chi connectivity index (χ4n) is 12.2. The SMILES string of the molecule is c1ccc(-c2ccccc2-c2c(-c3ccccc3)cccc2N(c2ccc(-c3ccc(-c4cccc5ccccc45)cc3)cc2)c2ccc3c(c2)-c2ccccc2C32c3ccccc3-c3ccccc32)cc1. The van der Waals surface area contributed by atoms with E-state index in [0.29, 0.717) is 0 Å². The molecular formula is C71H47N. The lowest BCUT2D eigenvalue weighted by molar-refractivity contribution is 0.794. The van der Waals surface area contributed by atoms with Gasteiger partial charge in [-0.1, -0.05) is 255 Å². The molecule has 12 aromatic carbocycles. The van der Waals surface area contributed by atoms with Crippen LogP contribution in [0.15, 0.2) is 285 Å². The van der Waals surface area contributed by atoms with Crippen LogP contribution in [0.2, 0.25) is 0 Å². The zero-order valence-electron chi connectivity index (χ0n) is 39.6. The summed E-state index contributed by atoms with van der Waals surface area (Å²) in [5, 5.41) is 2.52. The van der Waals surface area contributed by atoms with Crippen LogP contribution in [0.25, 0.3) is 88.7 Å². The van der Waals surface area contributed by atoms with E-state index in [9.17, 15) is 0 Å². The number of rotatable bonds is 8. The Labute approximate surface area is 421 Å². The summed E-state index contributed by atoms with van der Waals surface area (Å²) in [6.45, 7) is 0. The molecule has 0 atom stereocenters. The van der Waals surface area contributed by atoms with Gasteiger partial charge in [-0.05, 0) is 136 Å². The predicted molar refractivity (Wildman–Crippen MR) is 302 cm³/mol. The van der Waals surface area contributed by atoms with Crippen LogP contribution in [-0.4, -0.2) is 0 Å². The molecule has 0 amide bonds. The van der Waals surface area contributed by atoms with Gasteiger partial charge < -0.3 is 4.90 Å². The summed E-state index contributed by atoms with van der Waals surface area (Å²) in [6, 6.07) is 105. The number of benzene rings is 12. The Morgan fingerprint density at radius 3 is 1.31 bits per heavy atom. The largest absolute Gasteiger partial charge is 0.310 e.